The van der Waals surface area contributed by atoms with Crippen molar-refractivity contribution in [2.75, 3.05) is 30.5 Å². The van der Waals surface area contributed by atoms with Gasteiger partial charge in [-0.2, -0.15) is 0 Å². The Balaban J connectivity index is 1.99. The van der Waals surface area contributed by atoms with E-state index in [4.69, 9.17) is 4.74 Å². The molecule has 0 radical (unpaired) electrons. The number of carbonyl (C=O) groups is 2. The Morgan fingerprint density at radius 3 is 2.19 bits per heavy atom. The van der Waals surface area contributed by atoms with Gasteiger partial charge in [-0.3, -0.25) is 13.9 Å². The van der Waals surface area contributed by atoms with Crippen LogP contribution in [0.4, 0.5) is 10.1 Å². The molecule has 3 aromatic rings. The van der Waals surface area contributed by atoms with E-state index >= 15 is 0 Å². The molecular formula is C32H40FN3O5S. The molecule has 0 aromatic heterocycles. The van der Waals surface area contributed by atoms with Crippen LogP contribution < -0.4 is 14.4 Å². The van der Waals surface area contributed by atoms with E-state index in [9.17, 15) is 22.4 Å². The molecule has 3 aromatic carbocycles. The Labute approximate surface area is 248 Å². The van der Waals surface area contributed by atoms with E-state index in [1.165, 1.54) is 17.0 Å². The molecule has 0 aliphatic rings. The molecule has 0 bridgehead atoms. The van der Waals surface area contributed by atoms with Crippen molar-refractivity contribution in [1.29, 1.82) is 0 Å². The minimum atomic E-state index is -4.28. The summed E-state index contributed by atoms with van der Waals surface area (Å²) < 4.78 is 47.9. The molecule has 1 unspecified atom stereocenters. The number of hydrogen-bond acceptors (Lipinski definition) is 5. The van der Waals surface area contributed by atoms with E-state index < -0.39 is 34.3 Å². The molecule has 42 heavy (non-hydrogen) atoms. The highest BCUT2D eigenvalue weighted by atomic mass is 32.2. The van der Waals surface area contributed by atoms with Crippen LogP contribution in [-0.4, -0.2) is 57.4 Å². The number of halogens is 1. The molecule has 1 atom stereocenters. The molecular weight excluding hydrogens is 557 g/mol. The van der Waals surface area contributed by atoms with Gasteiger partial charge in [0.05, 0.1) is 17.2 Å². The van der Waals surface area contributed by atoms with Crippen LogP contribution in [0.2, 0.25) is 0 Å². The number of anilines is 1. The van der Waals surface area contributed by atoms with Crippen LogP contribution >= 0.6 is 0 Å². The molecule has 3 rings (SSSR count). The zero-order valence-corrected chi connectivity index (χ0v) is 25.3. The summed E-state index contributed by atoms with van der Waals surface area (Å²) in [5.74, 6) is -0.833. The van der Waals surface area contributed by atoms with E-state index in [1.807, 2.05) is 51.1 Å². The molecule has 0 saturated heterocycles. The monoisotopic (exact) mass is 597 g/mol. The maximum absolute atomic E-state index is 14.0. The molecule has 0 spiro atoms. The summed E-state index contributed by atoms with van der Waals surface area (Å²) in [5.41, 5.74) is 1.22. The fourth-order valence-corrected chi connectivity index (χ4v) is 5.95. The van der Waals surface area contributed by atoms with E-state index in [0.717, 1.165) is 34.8 Å². The number of unbranched alkanes of at least 4 members (excludes halogenated alkanes) is 1. The van der Waals surface area contributed by atoms with Crippen LogP contribution in [0.25, 0.3) is 0 Å². The quantitative estimate of drug-likeness (QED) is 0.230. The maximum Gasteiger partial charge on any atom is 0.264 e. The standard InChI is InChI=1S/C32H40FN3O5S/c1-4-7-22-34-32(38)30(5-2)35(23-21-25-11-9-8-10-12-25)31(37)24-36(27-15-17-28(18-16-27)41-6-3)42(39,40)29-19-13-26(33)14-20-29/h8-20,30H,4-7,21-24H2,1-3H3,(H,34,38). The normalized spacial score (nSPS) is 11.9. The second kappa shape index (κ2) is 15.9. The molecule has 8 nitrogen and oxygen atoms in total. The third-order valence-electron chi connectivity index (χ3n) is 6.82. The molecule has 0 saturated carbocycles. The Morgan fingerprint density at radius 1 is 0.929 bits per heavy atom. The Hall–Kier alpha value is -3.92. The Bertz CT molecular complexity index is 1380. The molecule has 0 heterocycles. The highest BCUT2D eigenvalue weighted by Crippen LogP contribution is 2.27. The number of benzene rings is 3. The largest absolute Gasteiger partial charge is 0.494 e. The van der Waals surface area contributed by atoms with Crippen LogP contribution in [-0.2, 0) is 26.0 Å². The predicted molar refractivity (Wildman–Crippen MR) is 162 cm³/mol. The van der Waals surface area contributed by atoms with Crippen LogP contribution in [0.5, 0.6) is 5.75 Å². The van der Waals surface area contributed by atoms with Crippen molar-refractivity contribution in [1.82, 2.24) is 10.2 Å². The fourth-order valence-electron chi connectivity index (χ4n) is 4.54. The summed E-state index contributed by atoms with van der Waals surface area (Å²) in [7, 11) is -4.28. The van der Waals surface area contributed by atoms with Gasteiger partial charge in [0.15, 0.2) is 0 Å². The van der Waals surface area contributed by atoms with Crippen molar-refractivity contribution < 1.29 is 27.1 Å². The van der Waals surface area contributed by atoms with Crippen LogP contribution in [0.1, 0.15) is 45.6 Å². The van der Waals surface area contributed by atoms with E-state index in [1.54, 1.807) is 24.3 Å². The van der Waals surface area contributed by atoms with Crippen LogP contribution in [0.3, 0.4) is 0 Å². The van der Waals surface area contributed by atoms with E-state index in [-0.39, 0.29) is 23.0 Å². The molecule has 10 heteroatoms. The number of nitrogens with one attached hydrogen (secondary N) is 1. The third kappa shape index (κ3) is 8.79. The SMILES string of the molecule is CCCCNC(=O)C(CC)N(CCc1ccccc1)C(=O)CN(c1ccc(OCC)cc1)S(=O)(=O)c1ccc(F)cc1. The van der Waals surface area contributed by atoms with Crippen molar-refractivity contribution in [3.8, 4) is 5.75 Å². The second-order valence-corrected chi connectivity index (χ2v) is 11.6. The molecule has 226 valence electrons. The van der Waals surface area contributed by atoms with Crippen LogP contribution in [0, 0.1) is 5.82 Å². The second-order valence-electron chi connectivity index (χ2n) is 9.78. The Kier molecular flexibility index (Phi) is 12.3. The average Bonchev–Trinajstić information content (AvgIpc) is 2.99. The summed E-state index contributed by atoms with van der Waals surface area (Å²) in [5, 5.41) is 2.92. The van der Waals surface area contributed by atoms with Gasteiger partial charge in [-0.25, -0.2) is 12.8 Å². The van der Waals surface area contributed by atoms with Crippen molar-refractivity contribution in [2.45, 2.75) is 57.4 Å². The van der Waals surface area contributed by atoms with Crippen molar-refractivity contribution >= 4 is 27.5 Å². The van der Waals surface area contributed by atoms with Gasteiger partial charge in [0, 0.05) is 13.1 Å². The van der Waals surface area contributed by atoms with Gasteiger partial charge in [-0.05, 0) is 80.3 Å². The summed E-state index contributed by atoms with van der Waals surface area (Å²) in [6.07, 6.45) is 2.55. The van der Waals surface area contributed by atoms with E-state index in [0.29, 0.717) is 31.7 Å². The first kappa shape index (κ1) is 32.6. The number of ether oxygens (including phenoxy) is 1. The molecule has 1 N–H and O–H groups in total. The minimum Gasteiger partial charge on any atom is -0.494 e. The number of hydrogen-bond donors (Lipinski definition) is 1. The van der Waals surface area contributed by atoms with Crippen molar-refractivity contribution in [3.63, 3.8) is 0 Å². The molecule has 0 aliphatic heterocycles. The average molecular weight is 598 g/mol. The van der Waals surface area contributed by atoms with Crippen molar-refractivity contribution in [3.05, 3.63) is 90.2 Å². The minimum absolute atomic E-state index is 0.161. The lowest BCUT2D eigenvalue weighted by Crippen LogP contribution is -2.53. The number of rotatable bonds is 16. The third-order valence-corrected chi connectivity index (χ3v) is 8.60. The zero-order chi connectivity index (χ0) is 30.5. The van der Waals surface area contributed by atoms with Gasteiger partial charge in [0.1, 0.15) is 24.2 Å². The lowest BCUT2D eigenvalue weighted by Gasteiger charge is -2.33. The molecule has 2 amide bonds. The first-order chi connectivity index (χ1) is 20.2. The van der Waals surface area contributed by atoms with Crippen LogP contribution in [0.15, 0.2) is 83.8 Å². The molecule has 0 fully saturated rings. The summed E-state index contributed by atoms with van der Waals surface area (Å²) in [6, 6.07) is 19.6. The highest BCUT2D eigenvalue weighted by Gasteiger charge is 2.33. The van der Waals surface area contributed by atoms with E-state index in [2.05, 4.69) is 5.32 Å². The van der Waals surface area contributed by atoms with Gasteiger partial charge < -0.3 is 15.0 Å². The first-order valence-corrected chi connectivity index (χ1v) is 15.8. The fraction of sp³-hybridized carbons (Fsp3) is 0.375. The number of carbonyl (C=O) groups excluding carboxylic acids is 2. The summed E-state index contributed by atoms with van der Waals surface area (Å²) >= 11 is 0. The highest BCUT2D eigenvalue weighted by molar-refractivity contribution is 7.92. The number of sulfonamides is 1. The predicted octanol–water partition coefficient (Wildman–Crippen LogP) is 5.19. The topological polar surface area (TPSA) is 96.0 Å². The Morgan fingerprint density at radius 2 is 1.60 bits per heavy atom. The van der Waals surface area contributed by atoms with Gasteiger partial charge in [-0.1, -0.05) is 50.6 Å². The summed E-state index contributed by atoms with van der Waals surface area (Å²) in [4.78, 5) is 28.6. The smallest absolute Gasteiger partial charge is 0.264 e. The lowest BCUT2D eigenvalue weighted by molar-refractivity contribution is -0.139. The lowest BCUT2D eigenvalue weighted by atomic mass is 10.1. The van der Waals surface area contributed by atoms with Gasteiger partial charge in [0.2, 0.25) is 11.8 Å². The number of nitrogens with zero attached hydrogens (tertiary/aromatic N) is 2. The van der Waals surface area contributed by atoms with Gasteiger partial charge >= 0.3 is 0 Å². The zero-order valence-electron chi connectivity index (χ0n) is 24.5. The molecule has 0 aliphatic carbocycles. The number of amides is 2. The maximum atomic E-state index is 14.0. The van der Waals surface area contributed by atoms with Gasteiger partial charge in [0.25, 0.3) is 10.0 Å². The van der Waals surface area contributed by atoms with Gasteiger partial charge in [-0.15, -0.1) is 0 Å². The summed E-state index contributed by atoms with van der Waals surface area (Å²) in [6.45, 7) is 6.28. The van der Waals surface area contributed by atoms with Crippen molar-refractivity contribution in [2.24, 2.45) is 0 Å². The first-order valence-electron chi connectivity index (χ1n) is 14.3.